The Morgan fingerprint density at radius 2 is 2.08 bits per heavy atom. The third-order valence-corrected chi connectivity index (χ3v) is 3.30. The number of nitrogens with zero attached hydrogens (tertiary/aromatic N) is 2. The number of aromatic nitrogens is 2. The lowest BCUT2D eigenvalue weighted by Crippen LogP contribution is -2.23. The summed E-state index contributed by atoms with van der Waals surface area (Å²) in [6.45, 7) is 0.0392. The summed E-state index contributed by atoms with van der Waals surface area (Å²) >= 11 is 0. The predicted octanol–water partition coefficient (Wildman–Crippen LogP) is 2.81. The first kappa shape index (κ1) is 15.7. The summed E-state index contributed by atoms with van der Waals surface area (Å²) in [5.41, 5.74) is 0.908. The van der Waals surface area contributed by atoms with Crippen LogP contribution >= 0.6 is 0 Å². The van der Waals surface area contributed by atoms with Gasteiger partial charge in [-0.1, -0.05) is 23.4 Å². The van der Waals surface area contributed by atoms with Crippen molar-refractivity contribution in [3.63, 3.8) is 0 Å². The number of methoxy groups -OCH3 is 1. The molecule has 24 heavy (non-hydrogen) atoms. The fraction of sp³-hybridized carbons (Fsp3) is 0.118. The minimum absolute atomic E-state index is 0.0392. The number of rotatable bonds is 5. The first-order valence-electron chi connectivity index (χ1n) is 7.17. The third-order valence-electron chi connectivity index (χ3n) is 3.30. The summed E-state index contributed by atoms with van der Waals surface area (Å²) in [7, 11) is 1.55. The molecule has 122 valence electrons. The highest BCUT2D eigenvalue weighted by atomic mass is 19.1. The molecular formula is C17H14FN3O3. The number of hydrogen-bond acceptors (Lipinski definition) is 5. The van der Waals surface area contributed by atoms with Crippen molar-refractivity contribution in [1.29, 1.82) is 0 Å². The minimum Gasteiger partial charge on any atom is -0.496 e. The van der Waals surface area contributed by atoms with E-state index in [2.05, 4.69) is 15.5 Å². The Bertz CT molecular complexity index is 864. The molecule has 0 saturated carbocycles. The number of amides is 1. The second-order valence-corrected chi connectivity index (χ2v) is 4.91. The zero-order valence-electron chi connectivity index (χ0n) is 12.8. The smallest absolute Gasteiger partial charge is 0.251 e. The van der Waals surface area contributed by atoms with Crippen LogP contribution in [0.4, 0.5) is 4.39 Å². The van der Waals surface area contributed by atoms with E-state index in [4.69, 9.17) is 9.26 Å². The number of ether oxygens (including phenoxy) is 1. The van der Waals surface area contributed by atoms with Crippen LogP contribution in [-0.4, -0.2) is 23.2 Å². The van der Waals surface area contributed by atoms with Crippen molar-refractivity contribution < 1.29 is 18.4 Å². The van der Waals surface area contributed by atoms with E-state index < -0.39 is 11.7 Å². The quantitative estimate of drug-likeness (QED) is 0.780. The van der Waals surface area contributed by atoms with E-state index in [0.717, 1.165) is 6.07 Å². The summed E-state index contributed by atoms with van der Waals surface area (Å²) in [5.74, 6) is 0.321. The molecule has 0 saturated heterocycles. The van der Waals surface area contributed by atoms with Crippen LogP contribution in [0.1, 0.15) is 16.2 Å². The fourth-order valence-corrected chi connectivity index (χ4v) is 2.15. The van der Waals surface area contributed by atoms with Crippen molar-refractivity contribution in [3.05, 3.63) is 65.8 Å². The maximum Gasteiger partial charge on any atom is 0.251 e. The maximum absolute atomic E-state index is 13.1. The van der Waals surface area contributed by atoms with Gasteiger partial charge in [0.2, 0.25) is 11.7 Å². The molecule has 0 spiro atoms. The van der Waals surface area contributed by atoms with Gasteiger partial charge in [0, 0.05) is 5.56 Å². The van der Waals surface area contributed by atoms with Crippen molar-refractivity contribution in [2.75, 3.05) is 7.11 Å². The Hall–Kier alpha value is -3.22. The van der Waals surface area contributed by atoms with E-state index in [1.807, 2.05) is 12.1 Å². The topological polar surface area (TPSA) is 77.3 Å². The van der Waals surface area contributed by atoms with Gasteiger partial charge >= 0.3 is 0 Å². The van der Waals surface area contributed by atoms with E-state index in [1.165, 1.54) is 18.2 Å². The molecule has 0 unspecified atom stereocenters. The van der Waals surface area contributed by atoms with E-state index in [-0.39, 0.29) is 18.0 Å². The second kappa shape index (κ2) is 6.91. The number of carbonyl (C=O) groups is 1. The van der Waals surface area contributed by atoms with Crippen molar-refractivity contribution in [2.45, 2.75) is 6.54 Å². The highest BCUT2D eigenvalue weighted by Crippen LogP contribution is 2.26. The highest BCUT2D eigenvalue weighted by molar-refractivity contribution is 5.94. The lowest BCUT2D eigenvalue weighted by molar-refractivity contribution is 0.0946. The minimum atomic E-state index is -0.473. The number of carbonyl (C=O) groups excluding carboxylic acids is 1. The summed E-state index contributed by atoms with van der Waals surface area (Å²) in [6, 6.07) is 12.7. The zero-order valence-corrected chi connectivity index (χ0v) is 12.8. The highest BCUT2D eigenvalue weighted by Gasteiger charge is 2.14. The molecule has 7 heteroatoms. The molecule has 0 aliphatic heterocycles. The largest absolute Gasteiger partial charge is 0.496 e. The average Bonchev–Trinajstić information content (AvgIpc) is 3.08. The van der Waals surface area contributed by atoms with Crippen LogP contribution in [0.25, 0.3) is 11.4 Å². The molecule has 3 aromatic rings. The van der Waals surface area contributed by atoms with Crippen molar-refractivity contribution in [1.82, 2.24) is 15.5 Å². The van der Waals surface area contributed by atoms with E-state index >= 15 is 0 Å². The van der Waals surface area contributed by atoms with Crippen LogP contribution in [0, 0.1) is 5.82 Å². The Labute approximate surface area is 137 Å². The molecule has 1 N–H and O–H groups in total. The summed E-state index contributed by atoms with van der Waals surface area (Å²) in [5, 5.41) is 6.49. The zero-order chi connectivity index (χ0) is 16.9. The monoisotopic (exact) mass is 327 g/mol. The van der Waals surface area contributed by atoms with Crippen molar-refractivity contribution in [3.8, 4) is 17.1 Å². The summed E-state index contributed by atoms with van der Waals surface area (Å²) in [4.78, 5) is 16.2. The summed E-state index contributed by atoms with van der Waals surface area (Å²) < 4.78 is 23.5. The molecule has 1 heterocycles. The van der Waals surface area contributed by atoms with Crippen LogP contribution in [0.5, 0.6) is 5.75 Å². The molecule has 1 amide bonds. The van der Waals surface area contributed by atoms with Crippen LogP contribution in [0.15, 0.2) is 53.1 Å². The van der Waals surface area contributed by atoms with Gasteiger partial charge in [-0.2, -0.15) is 4.98 Å². The fourth-order valence-electron chi connectivity index (χ4n) is 2.15. The number of para-hydroxylation sites is 1. The van der Waals surface area contributed by atoms with Gasteiger partial charge in [0.25, 0.3) is 5.91 Å². The first-order valence-corrected chi connectivity index (χ1v) is 7.17. The normalized spacial score (nSPS) is 10.4. The van der Waals surface area contributed by atoms with Crippen molar-refractivity contribution >= 4 is 5.91 Å². The van der Waals surface area contributed by atoms with Crippen molar-refractivity contribution in [2.24, 2.45) is 0 Å². The molecule has 3 rings (SSSR count). The number of hydrogen-bond donors (Lipinski definition) is 1. The van der Waals surface area contributed by atoms with E-state index in [9.17, 15) is 9.18 Å². The number of nitrogens with one attached hydrogen (secondary N) is 1. The third kappa shape index (κ3) is 3.40. The van der Waals surface area contributed by atoms with E-state index in [0.29, 0.717) is 17.1 Å². The maximum atomic E-state index is 13.1. The van der Waals surface area contributed by atoms with Gasteiger partial charge in [0.15, 0.2) is 0 Å². The van der Waals surface area contributed by atoms with Crippen LogP contribution in [-0.2, 0) is 6.54 Å². The molecule has 0 aliphatic carbocycles. The lowest BCUT2D eigenvalue weighted by atomic mass is 10.2. The number of benzene rings is 2. The average molecular weight is 327 g/mol. The number of halogens is 1. The molecule has 2 aromatic carbocycles. The van der Waals surface area contributed by atoms with Crippen LogP contribution in [0.2, 0.25) is 0 Å². The molecule has 0 bridgehead atoms. The molecule has 0 radical (unpaired) electrons. The summed E-state index contributed by atoms with van der Waals surface area (Å²) in [6.07, 6.45) is 0. The first-order chi connectivity index (χ1) is 11.7. The van der Waals surface area contributed by atoms with Gasteiger partial charge < -0.3 is 14.6 Å². The molecule has 1 aromatic heterocycles. The molecule has 0 atom stereocenters. The van der Waals surface area contributed by atoms with Gasteiger partial charge in [0.1, 0.15) is 11.6 Å². The van der Waals surface area contributed by atoms with E-state index in [1.54, 1.807) is 19.2 Å². The van der Waals surface area contributed by atoms with Crippen LogP contribution in [0.3, 0.4) is 0 Å². The Kier molecular flexibility index (Phi) is 4.51. The van der Waals surface area contributed by atoms with Crippen LogP contribution < -0.4 is 10.1 Å². The second-order valence-electron chi connectivity index (χ2n) is 4.91. The molecule has 6 nitrogen and oxygen atoms in total. The van der Waals surface area contributed by atoms with Gasteiger partial charge in [-0.25, -0.2) is 4.39 Å². The lowest BCUT2D eigenvalue weighted by Gasteiger charge is -2.03. The van der Waals surface area contributed by atoms with Gasteiger partial charge in [0.05, 0.1) is 19.2 Å². The SMILES string of the molecule is COc1ccccc1-c1noc(CNC(=O)c2cccc(F)c2)n1. The Morgan fingerprint density at radius 1 is 1.25 bits per heavy atom. The molecule has 0 aliphatic rings. The Balaban J connectivity index is 1.69. The Morgan fingerprint density at radius 3 is 2.88 bits per heavy atom. The van der Waals surface area contributed by atoms with Gasteiger partial charge in [-0.15, -0.1) is 0 Å². The van der Waals surface area contributed by atoms with Gasteiger partial charge in [-0.3, -0.25) is 4.79 Å². The van der Waals surface area contributed by atoms with Gasteiger partial charge in [-0.05, 0) is 30.3 Å². The standard InChI is InChI=1S/C17H14FN3O3/c1-23-14-8-3-2-7-13(14)16-20-15(24-21-16)10-19-17(22)11-5-4-6-12(18)9-11/h2-9H,10H2,1H3,(H,19,22). The molecule has 0 fully saturated rings. The molecular weight excluding hydrogens is 313 g/mol. The predicted molar refractivity (Wildman–Crippen MR) is 83.9 cm³/mol.